The molecule has 9 nitrogen and oxygen atoms in total. The first-order valence-electron chi connectivity index (χ1n) is 12.5. The van der Waals surface area contributed by atoms with E-state index in [9.17, 15) is 18.0 Å². The fraction of sp³-hybridized carbons (Fsp3) is 0.296. The van der Waals surface area contributed by atoms with Crippen LogP contribution in [0.5, 0.6) is 0 Å². The van der Waals surface area contributed by atoms with Crippen LogP contribution in [0.4, 0.5) is 13.2 Å². The molecule has 0 radical (unpaired) electrons. The van der Waals surface area contributed by atoms with Gasteiger partial charge < -0.3 is 14.3 Å². The number of furan rings is 1. The van der Waals surface area contributed by atoms with Gasteiger partial charge in [-0.2, -0.15) is 13.2 Å². The van der Waals surface area contributed by atoms with E-state index < -0.39 is 18.5 Å². The van der Waals surface area contributed by atoms with Crippen LogP contribution in [0, 0.1) is 0 Å². The number of nitrogens with zero attached hydrogens (tertiary/aromatic N) is 6. The van der Waals surface area contributed by atoms with Crippen molar-refractivity contribution in [3.05, 3.63) is 72.3 Å². The molecule has 0 bridgehead atoms. The molecule has 0 atom stereocenters. The third kappa shape index (κ3) is 5.60. The summed E-state index contributed by atoms with van der Waals surface area (Å²) in [6, 6.07) is 11.6. The molecule has 1 saturated heterocycles. The molecule has 0 aliphatic carbocycles. The van der Waals surface area contributed by atoms with E-state index in [1.165, 1.54) is 11.2 Å². The number of aromatic amines is 1. The summed E-state index contributed by atoms with van der Waals surface area (Å²) >= 11 is 0. The molecule has 5 heterocycles. The zero-order valence-electron chi connectivity index (χ0n) is 20.8. The van der Waals surface area contributed by atoms with E-state index >= 15 is 0 Å². The lowest BCUT2D eigenvalue weighted by Gasteiger charge is -2.35. The molecular weight excluding hydrogens is 511 g/mol. The molecule has 1 amide bonds. The Bertz CT molecular complexity index is 1640. The number of amides is 1. The van der Waals surface area contributed by atoms with E-state index in [4.69, 9.17) is 9.40 Å². The van der Waals surface area contributed by atoms with Gasteiger partial charge in [0.05, 0.1) is 17.3 Å². The maximum atomic E-state index is 12.5. The third-order valence-corrected chi connectivity index (χ3v) is 6.76. The highest BCUT2D eigenvalue weighted by atomic mass is 19.4. The van der Waals surface area contributed by atoms with Crippen molar-refractivity contribution in [3.63, 3.8) is 0 Å². The van der Waals surface area contributed by atoms with Gasteiger partial charge in [0.1, 0.15) is 29.8 Å². The van der Waals surface area contributed by atoms with Crippen LogP contribution in [0.3, 0.4) is 0 Å². The largest absolute Gasteiger partial charge is 0.460 e. The van der Waals surface area contributed by atoms with E-state index in [2.05, 4.69) is 24.8 Å². The quantitative estimate of drug-likeness (QED) is 0.345. The van der Waals surface area contributed by atoms with Crippen molar-refractivity contribution in [1.29, 1.82) is 0 Å². The number of carbonyl (C=O) groups excluding carboxylic acids is 1. The van der Waals surface area contributed by atoms with E-state index in [-0.39, 0.29) is 13.1 Å². The summed E-state index contributed by atoms with van der Waals surface area (Å²) in [6.45, 7) is 2.23. The number of carbonyl (C=O) groups is 1. The molecule has 39 heavy (non-hydrogen) atoms. The number of benzene rings is 1. The summed E-state index contributed by atoms with van der Waals surface area (Å²) in [6.07, 6.45) is -0.518. The van der Waals surface area contributed by atoms with E-state index in [0.29, 0.717) is 37.3 Å². The van der Waals surface area contributed by atoms with E-state index in [1.807, 2.05) is 30.3 Å². The number of aromatic nitrogens is 5. The normalized spacial score (nSPS) is 14.9. The molecule has 12 heteroatoms. The van der Waals surface area contributed by atoms with Crippen molar-refractivity contribution in [3.8, 4) is 11.3 Å². The lowest BCUT2D eigenvalue weighted by atomic mass is 10.1. The maximum Gasteiger partial charge on any atom is 0.397 e. The smallest absolute Gasteiger partial charge is 0.397 e. The number of pyridine rings is 1. The van der Waals surface area contributed by atoms with Crippen LogP contribution in [0.25, 0.3) is 33.4 Å². The number of imidazole rings is 1. The summed E-state index contributed by atoms with van der Waals surface area (Å²) in [4.78, 5) is 36.5. The number of piperazine rings is 1. The molecule has 1 aliphatic heterocycles. The van der Waals surface area contributed by atoms with Crippen LogP contribution in [-0.2, 0) is 17.8 Å². The van der Waals surface area contributed by atoms with Gasteiger partial charge in [0, 0.05) is 62.7 Å². The van der Waals surface area contributed by atoms with Crippen molar-refractivity contribution in [2.45, 2.75) is 25.6 Å². The minimum Gasteiger partial charge on any atom is -0.460 e. The average Bonchev–Trinajstić information content (AvgIpc) is 3.54. The van der Waals surface area contributed by atoms with Crippen LogP contribution < -0.4 is 0 Å². The van der Waals surface area contributed by atoms with Gasteiger partial charge in [-0.1, -0.05) is 6.07 Å². The molecule has 5 aromatic rings. The fourth-order valence-electron chi connectivity index (χ4n) is 4.88. The first-order valence-corrected chi connectivity index (χ1v) is 12.5. The molecule has 0 saturated carbocycles. The number of hydrogen-bond donors (Lipinski definition) is 1. The zero-order chi connectivity index (χ0) is 27.0. The second-order valence-corrected chi connectivity index (χ2v) is 9.55. The molecule has 0 unspecified atom stereocenters. The first kappa shape index (κ1) is 25.0. The van der Waals surface area contributed by atoms with Gasteiger partial charge >= 0.3 is 6.18 Å². The Hall–Kier alpha value is -4.32. The van der Waals surface area contributed by atoms with Gasteiger partial charge in [-0.05, 0) is 29.8 Å². The first-order chi connectivity index (χ1) is 18.8. The van der Waals surface area contributed by atoms with Gasteiger partial charge in [-0.3, -0.25) is 14.7 Å². The number of fused-ring (bicyclic) bond motifs is 2. The molecule has 0 spiro atoms. The summed E-state index contributed by atoms with van der Waals surface area (Å²) in [5.74, 6) is -0.0907. The second-order valence-electron chi connectivity index (χ2n) is 9.55. The lowest BCUT2D eigenvalue weighted by Crippen LogP contribution is -2.49. The van der Waals surface area contributed by atoms with Gasteiger partial charge in [0.25, 0.3) is 0 Å². The minimum atomic E-state index is -4.48. The summed E-state index contributed by atoms with van der Waals surface area (Å²) < 4.78 is 43.2. The molecule has 6 rings (SSSR count). The molecule has 1 fully saturated rings. The monoisotopic (exact) mass is 535 g/mol. The van der Waals surface area contributed by atoms with Crippen LogP contribution >= 0.6 is 0 Å². The van der Waals surface area contributed by atoms with Gasteiger partial charge in [0.15, 0.2) is 5.58 Å². The van der Waals surface area contributed by atoms with Gasteiger partial charge in [-0.15, -0.1) is 0 Å². The van der Waals surface area contributed by atoms with Gasteiger partial charge in [-0.25, -0.2) is 15.0 Å². The van der Waals surface area contributed by atoms with Crippen LogP contribution in [0.1, 0.15) is 23.5 Å². The minimum absolute atomic E-state index is 0.286. The Morgan fingerprint density at radius 2 is 1.85 bits per heavy atom. The summed E-state index contributed by atoms with van der Waals surface area (Å²) in [5, 5.41) is 0. The Labute approximate surface area is 220 Å². The number of alkyl halides is 3. The predicted molar refractivity (Wildman–Crippen MR) is 136 cm³/mol. The molecule has 1 aliphatic rings. The third-order valence-electron chi connectivity index (χ3n) is 6.76. The van der Waals surface area contributed by atoms with Crippen molar-refractivity contribution < 1.29 is 22.4 Å². The average molecular weight is 536 g/mol. The Kier molecular flexibility index (Phi) is 6.47. The Morgan fingerprint density at radius 1 is 1.00 bits per heavy atom. The number of halogens is 3. The fourth-order valence-corrected chi connectivity index (χ4v) is 4.88. The topological polar surface area (TPSA) is 104 Å². The standard InChI is InChI=1S/C27H24F3N7O2/c28-27(29,30)14-24(38)37-8-6-36(7-9-37)15-17-3-5-31-19(11-17)13-23-34-20-2-1-18(12-22(20)35-23)25-26-21(4-10-39-26)32-16-33-25/h1-5,10-12,16H,6-9,13-15H2,(H,34,35). The lowest BCUT2D eigenvalue weighted by molar-refractivity contribution is -0.162. The zero-order valence-corrected chi connectivity index (χ0v) is 20.8. The number of H-pyrrole nitrogens is 1. The van der Waals surface area contributed by atoms with E-state index in [0.717, 1.165) is 39.2 Å². The van der Waals surface area contributed by atoms with Crippen molar-refractivity contribution in [2.75, 3.05) is 26.2 Å². The Balaban J connectivity index is 1.11. The summed E-state index contributed by atoms with van der Waals surface area (Å²) in [5.41, 5.74) is 6.56. The van der Waals surface area contributed by atoms with Crippen LogP contribution in [0.15, 0.2) is 59.6 Å². The van der Waals surface area contributed by atoms with Crippen molar-refractivity contribution in [2.24, 2.45) is 0 Å². The Morgan fingerprint density at radius 3 is 2.67 bits per heavy atom. The van der Waals surface area contributed by atoms with Crippen LogP contribution in [0.2, 0.25) is 0 Å². The van der Waals surface area contributed by atoms with Crippen molar-refractivity contribution >= 4 is 28.0 Å². The molecule has 200 valence electrons. The molecule has 1 N–H and O–H groups in total. The van der Waals surface area contributed by atoms with Gasteiger partial charge in [0.2, 0.25) is 5.91 Å². The predicted octanol–water partition coefficient (Wildman–Crippen LogP) is 4.35. The van der Waals surface area contributed by atoms with Crippen molar-refractivity contribution in [1.82, 2.24) is 34.7 Å². The highest BCUT2D eigenvalue weighted by Gasteiger charge is 2.34. The molecule has 4 aromatic heterocycles. The molecule has 1 aromatic carbocycles. The number of nitrogens with one attached hydrogen (secondary N) is 1. The highest BCUT2D eigenvalue weighted by molar-refractivity contribution is 5.90. The van der Waals surface area contributed by atoms with E-state index in [1.54, 1.807) is 18.5 Å². The second kappa shape index (κ2) is 10.1. The summed E-state index contributed by atoms with van der Waals surface area (Å²) in [7, 11) is 0. The number of hydrogen-bond acceptors (Lipinski definition) is 7. The van der Waals surface area contributed by atoms with Crippen LogP contribution in [-0.4, -0.2) is 73.0 Å². The number of rotatable bonds is 6. The SMILES string of the molecule is O=C(CC(F)(F)F)N1CCN(Cc2ccnc(Cc3nc4ccc(-c5ncnc6ccoc56)cc4[nH]3)c2)CC1. The highest BCUT2D eigenvalue weighted by Crippen LogP contribution is 2.28. The maximum absolute atomic E-state index is 12.5. The molecular formula is C27H24F3N7O2.